The molecule has 0 saturated carbocycles. The average molecular weight is 523 g/mol. The summed E-state index contributed by atoms with van der Waals surface area (Å²) in [6, 6.07) is 6.80. The number of nitrogens with zero attached hydrogens (tertiary/aromatic N) is 3. The summed E-state index contributed by atoms with van der Waals surface area (Å²) in [7, 11) is 0. The Morgan fingerprint density at radius 2 is 1.89 bits per heavy atom. The first-order valence-electron chi connectivity index (χ1n) is 14.0. The summed E-state index contributed by atoms with van der Waals surface area (Å²) in [5.41, 5.74) is 3.40. The van der Waals surface area contributed by atoms with Gasteiger partial charge < -0.3 is 19.7 Å². The third-order valence-electron chi connectivity index (χ3n) is 8.15. The van der Waals surface area contributed by atoms with Gasteiger partial charge in [0.15, 0.2) is 0 Å². The fourth-order valence-corrected chi connectivity index (χ4v) is 5.88. The first kappa shape index (κ1) is 26.4. The maximum absolute atomic E-state index is 13.0. The van der Waals surface area contributed by atoms with Crippen LogP contribution >= 0.6 is 0 Å². The molecule has 2 fully saturated rings. The lowest BCUT2D eigenvalue weighted by molar-refractivity contribution is 0.0152. The van der Waals surface area contributed by atoms with Crippen LogP contribution in [0.1, 0.15) is 87.9 Å². The minimum atomic E-state index is -0.438. The van der Waals surface area contributed by atoms with E-state index in [1.165, 1.54) is 0 Å². The molecule has 1 aromatic heterocycles. The Bertz CT molecular complexity index is 1180. The highest BCUT2D eigenvalue weighted by Gasteiger charge is 2.39. The second kappa shape index (κ2) is 11.7. The number of benzene rings is 1. The molecule has 1 N–H and O–H groups in total. The van der Waals surface area contributed by atoms with E-state index in [0.717, 1.165) is 63.0 Å². The number of esters is 1. The van der Waals surface area contributed by atoms with E-state index in [2.05, 4.69) is 5.32 Å². The number of likely N-dealkylation sites (tertiary alicyclic amines) is 1. The molecule has 0 aliphatic carbocycles. The molecular formula is C29H38N4O5. The Kier molecular flexibility index (Phi) is 8.12. The van der Waals surface area contributed by atoms with Crippen molar-refractivity contribution in [1.82, 2.24) is 20.0 Å². The van der Waals surface area contributed by atoms with Crippen LogP contribution in [0.3, 0.4) is 0 Å². The highest BCUT2D eigenvalue weighted by Crippen LogP contribution is 2.37. The maximum atomic E-state index is 13.0. The van der Waals surface area contributed by atoms with Crippen LogP contribution in [0.2, 0.25) is 0 Å². The van der Waals surface area contributed by atoms with Crippen LogP contribution in [0.15, 0.2) is 24.3 Å². The van der Waals surface area contributed by atoms with Crippen LogP contribution in [-0.2, 0) is 28.9 Å². The molecule has 0 bridgehead atoms. The summed E-state index contributed by atoms with van der Waals surface area (Å²) in [6.45, 7) is 6.40. The van der Waals surface area contributed by atoms with Crippen molar-refractivity contribution in [3.05, 3.63) is 52.3 Å². The second-order valence-corrected chi connectivity index (χ2v) is 10.7. The highest BCUT2D eigenvalue weighted by atomic mass is 16.5. The monoisotopic (exact) mass is 522 g/mol. The molecule has 4 heterocycles. The van der Waals surface area contributed by atoms with Crippen molar-refractivity contribution in [2.24, 2.45) is 5.41 Å². The van der Waals surface area contributed by atoms with E-state index < -0.39 is 5.97 Å². The zero-order valence-electron chi connectivity index (χ0n) is 22.3. The van der Waals surface area contributed by atoms with Crippen molar-refractivity contribution in [2.75, 3.05) is 39.5 Å². The van der Waals surface area contributed by atoms with Gasteiger partial charge in [-0.05, 0) is 68.6 Å². The molecule has 0 radical (unpaired) electrons. The number of amides is 2. The fourth-order valence-electron chi connectivity index (χ4n) is 5.88. The topological polar surface area (TPSA) is 103 Å². The normalized spacial score (nSPS) is 19.0. The van der Waals surface area contributed by atoms with Crippen LogP contribution in [0.4, 0.5) is 0 Å². The van der Waals surface area contributed by atoms with Gasteiger partial charge in [0, 0.05) is 51.4 Å². The Morgan fingerprint density at radius 1 is 1.13 bits per heavy atom. The van der Waals surface area contributed by atoms with Crippen molar-refractivity contribution in [2.45, 2.75) is 64.8 Å². The predicted octanol–water partition coefficient (Wildman–Crippen LogP) is 3.40. The van der Waals surface area contributed by atoms with E-state index in [0.29, 0.717) is 55.8 Å². The largest absolute Gasteiger partial charge is 0.462 e. The number of carbonyl (C=O) groups excluding carboxylic acids is 3. The molecular weight excluding hydrogens is 484 g/mol. The number of fused-ring (bicyclic) bond motifs is 1. The number of nitrogens with one attached hydrogen (secondary N) is 1. The van der Waals surface area contributed by atoms with Crippen molar-refractivity contribution in [3.63, 3.8) is 0 Å². The molecule has 38 heavy (non-hydrogen) atoms. The zero-order valence-corrected chi connectivity index (χ0v) is 22.3. The fraction of sp³-hybridized carbons (Fsp3) is 0.586. The number of aromatic nitrogens is 2. The molecule has 3 aliphatic rings. The Morgan fingerprint density at radius 3 is 2.66 bits per heavy atom. The van der Waals surface area contributed by atoms with E-state index in [1.54, 1.807) is 24.3 Å². The molecule has 9 heteroatoms. The van der Waals surface area contributed by atoms with Gasteiger partial charge in [-0.2, -0.15) is 5.10 Å². The van der Waals surface area contributed by atoms with Gasteiger partial charge in [0.2, 0.25) is 0 Å². The molecule has 204 valence electrons. The molecule has 1 spiro atoms. The third-order valence-corrected chi connectivity index (χ3v) is 8.15. The number of hydrogen-bond acceptors (Lipinski definition) is 6. The quantitative estimate of drug-likeness (QED) is 0.442. The van der Waals surface area contributed by atoms with Crippen molar-refractivity contribution < 1.29 is 23.9 Å². The van der Waals surface area contributed by atoms with Gasteiger partial charge >= 0.3 is 5.97 Å². The number of rotatable bonds is 7. The molecule has 5 rings (SSSR count). The zero-order chi connectivity index (χ0) is 26.5. The first-order chi connectivity index (χ1) is 18.5. The smallest absolute Gasteiger partial charge is 0.338 e. The SMILES string of the molecule is CCc1nn(CCCOC(=O)c2cccc(C(=O)N3CCCCC3)c2)c2c1C(=O)NCC1(CCOCC1)C2. The van der Waals surface area contributed by atoms with Gasteiger partial charge in [-0.3, -0.25) is 14.3 Å². The summed E-state index contributed by atoms with van der Waals surface area (Å²) in [5, 5.41) is 7.91. The summed E-state index contributed by atoms with van der Waals surface area (Å²) in [4.78, 5) is 40.4. The lowest BCUT2D eigenvalue weighted by Crippen LogP contribution is -2.40. The number of carbonyl (C=O) groups is 3. The van der Waals surface area contributed by atoms with Gasteiger partial charge in [-0.25, -0.2) is 4.79 Å². The van der Waals surface area contributed by atoms with E-state index in [1.807, 2.05) is 16.5 Å². The molecule has 2 amide bonds. The Balaban J connectivity index is 1.21. The number of hydrogen-bond donors (Lipinski definition) is 1. The van der Waals surface area contributed by atoms with Crippen LogP contribution in [0.5, 0.6) is 0 Å². The number of ether oxygens (including phenoxy) is 2. The second-order valence-electron chi connectivity index (χ2n) is 10.7. The molecule has 2 saturated heterocycles. The Hall–Kier alpha value is -3.20. The summed E-state index contributed by atoms with van der Waals surface area (Å²) in [5.74, 6) is -0.513. The van der Waals surface area contributed by atoms with E-state index in [-0.39, 0.29) is 23.8 Å². The average Bonchev–Trinajstić information content (AvgIpc) is 3.24. The van der Waals surface area contributed by atoms with Crippen molar-refractivity contribution in [3.8, 4) is 0 Å². The molecule has 0 atom stereocenters. The van der Waals surface area contributed by atoms with Crippen molar-refractivity contribution in [1.29, 1.82) is 0 Å². The molecule has 0 unspecified atom stereocenters. The van der Waals surface area contributed by atoms with Crippen LogP contribution in [0, 0.1) is 5.41 Å². The minimum Gasteiger partial charge on any atom is -0.462 e. The molecule has 3 aliphatic heterocycles. The lowest BCUT2D eigenvalue weighted by atomic mass is 9.76. The summed E-state index contributed by atoms with van der Waals surface area (Å²) in [6.07, 6.45) is 7.06. The van der Waals surface area contributed by atoms with E-state index >= 15 is 0 Å². The van der Waals surface area contributed by atoms with E-state index in [9.17, 15) is 14.4 Å². The summed E-state index contributed by atoms with van der Waals surface area (Å²) < 4.78 is 13.1. The van der Waals surface area contributed by atoms with Crippen LogP contribution in [-0.4, -0.2) is 71.9 Å². The van der Waals surface area contributed by atoms with E-state index in [4.69, 9.17) is 14.6 Å². The number of aryl methyl sites for hydroxylation is 2. The molecule has 1 aromatic carbocycles. The minimum absolute atomic E-state index is 0.00886. The standard InChI is InChI=1S/C29H38N4O5/c1-2-23-25-24(19-29(20-30-26(25)34)10-16-37-17-11-29)33(31-23)14-7-15-38-28(36)22-9-6-8-21(18-22)27(35)32-12-4-3-5-13-32/h6,8-9,18H,2-5,7,10-17,19-20H2,1H3,(H,30,34). The molecule has 9 nitrogen and oxygen atoms in total. The lowest BCUT2D eigenvalue weighted by Gasteiger charge is -2.36. The molecule has 2 aromatic rings. The summed E-state index contributed by atoms with van der Waals surface area (Å²) >= 11 is 0. The predicted molar refractivity (Wildman–Crippen MR) is 141 cm³/mol. The van der Waals surface area contributed by atoms with Crippen LogP contribution in [0.25, 0.3) is 0 Å². The van der Waals surface area contributed by atoms with Gasteiger partial charge in [-0.1, -0.05) is 13.0 Å². The van der Waals surface area contributed by atoms with Crippen molar-refractivity contribution >= 4 is 17.8 Å². The van der Waals surface area contributed by atoms with Gasteiger partial charge in [-0.15, -0.1) is 0 Å². The third kappa shape index (κ3) is 5.62. The van der Waals surface area contributed by atoms with Gasteiger partial charge in [0.05, 0.1) is 29.1 Å². The number of piperidine rings is 1. The van der Waals surface area contributed by atoms with Crippen LogP contribution < -0.4 is 5.32 Å². The first-order valence-corrected chi connectivity index (χ1v) is 14.0. The maximum Gasteiger partial charge on any atom is 0.338 e. The van der Waals surface area contributed by atoms with Gasteiger partial charge in [0.25, 0.3) is 11.8 Å². The Labute approximate surface area is 223 Å². The highest BCUT2D eigenvalue weighted by molar-refractivity contribution is 5.98. The van der Waals surface area contributed by atoms with Gasteiger partial charge in [0.1, 0.15) is 0 Å².